The van der Waals surface area contributed by atoms with Gasteiger partial charge >= 0.3 is 0 Å². The van der Waals surface area contributed by atoms with Crippen LogP contribution in [0.25, 0.3) is 0 Å². The van der Waals surface area contributed by atoms with E-state index in [1.807, 2.05) is 19.9 Å². The smallest absolute Gasteiger partial charge is 0.128 e. The Kier molecular flexibility index (Phi) is 4.77. The Hall–Kier alpha value is -1.13. The van der Waals surface area contributed by atoms with E-state index in [0.29, 0.717) is 13.0 Å². The van der Waals surface area contributed by atoms with Gasteiger partial charge in [0.1, 0.15) is 5.82 Å². The van der Waals surface area contributed by atoms with E-state index in [1.54, 1.807) is 6.07 Å². The van der Waals surface area contributed by atoms with E-state index in [9.17, 15) is 4.39 Å². The van der Waals surface area contributed by atoms with E-state index in [2.05, 4.69) is 4.90 Å². The van der Waals surface area contributed by atoms with Gasteiger partial charge in [-0.2, -0.15) is 0 Å². The predicted octanol–water partition coefficient (Wildman–Crippen LogP) is 2.33. The molecule has 3 nitrogen and oxygen atoms in total. The zero-order valence-electron chi connectivity index (χ0n) is 11.7. The summed E-state index contributed by atoms with van der Waals surface area (Å²) in [6.07, 6.45) is 1.63. The molecule has 1 aromatic rings. The van der Waals surface area contributed by atoms with Crippen LogP contribution < -0.4 is 10.6 Å². The maximum atomic E-state index is 14.1. The molecule has 1 aliphatic rings. The summed E-state index contributed by atoms with van der Waals surface area (Å²) in [5, 5.41) is 0. The molecule has 0 radical (unpaired) electrons. The number of anilines is 1. The Bertz CT molecular complexity index is 425. The summed E-state index contributed by atoms with van der Waals surface area (Å²) >= 11 is 0. The Morgan fingerprint density at radius 2 is 2.32 bits per heavy atom. The number of hydrogen-bond acceptors (Lipinski definition) is 3. The Morgan fingerprint density at radius 3 is 3.00 bits per heavy atom. The molecule has 0 amide bonds. The summed E-state index contributed by atoms with van der Waals surface area (Å²) in [7, 11) is 0. The fraction of sp³-hybridized carbons (Fsp3) is 0.600. The summed E-state index contributed by atoms with van der Waals surface area (Å²) in [6.45, 7) is 6.38. The van der Waals surface area contributed by atoms with Crippen LogP contribution in [0, 0.1) is 5.82 Å². The summed E-state index contributed by atoms with van der Waals surface area (Å²) < 4.78 is 19.6. The fourth-order valence-electron chi connectivity index (χ4n) is 2.49. The van der Waals surface area contributed by atoms with Crippen molar-refractivity contribution >= 4 is 5.69 Å². The van der Waals surface area contributed by atoms with Gasteiger partial charge in [0.05, 0.1) is 12.7 Å². The molecule has 0 spiro atoms. The van der Waals surface area contributed by atoms with Crippen molar-refractivity contribution in [3.63, 3.8) is 0 Å². The molecular formula is C15H23FN2O. The van der Waals surface area contributed by atoms with Crippen LogP contribution in [-0.2, 0) is 11.2 Å². The lowest BCUT2D eigenvalue weighted by atomic mass is 10.0. The van der Waals surface area contributed by atoms with Gasteiger partial charge in [-0.25, -0.2) is 4.39 Å². The minimum atomic E-state index is -0.152. The van der Waals surface area contributed by atoms with Crippen LogP contribution in [0.1, 0.15) is 25.8 Å². The van der Waals surface area contributed by atoms with Gasteiger partial charge in [0.15, 0.2) is 0 Å². The summed E-state index contributed by atoms with van der Waals surface area (Å²) in [6, 6.07) is 5.28. The van der Waals surface area contributed by atoms with Gasteiger partial charge in [-0.15, -0.1) is 0 Å². The second-order valence-corrected chi connectivity index (χ2v) is 5.24. The third-order valence-electron chi connectivity index (χ3n) is 3.67. The molecule has 1 aromatic carbocycles. The third-order valence-corrected chi connectivity index (χ3v) is 3.67. The molecule has 1 heterocycles. The highest BCUT2D eigenvalue weighted by Crippen LogP contribution is 2.26. The van der Waals surface area contributed by atoms with E-state index < -0.39 is 0 Å². The van der Waals surface area contributed by atoms with Crippen LogP contribution in [-0.4, -0.2) is 31.8 Å². The number of morpholine rings is 1. The van der Waals surface area contributed by atoms with Gasteiger partial charge in [0.2, 0.25) is 0 Å². The average molecular weight is 266 g/mol. The molecule has 4 heteroatoms. The van der Waals surface area contributed by atoms with Crippen molar-refractivity contribution in [2.24, 2.45) is 5.73 Å². The van der Waals surface area contributed by atoms with Crippen LogP contribution in [0.5, 0.6) is 0 Å². The Balaban J connectivity index is 2.25. The van der Waals surface area contributed by atoms with Crippen molar-refractivity contribution in [3.8, 4) is 0 Å². The first kappa shape index (κ1) is 14.3. The van der Waals surface area contributed by atoms with E-state index in [4.69, 9.17) is 10.5 Å². The standard InChI is InChI=1S/C15H23FN2O/c1-3-12(17)9-13-14(16)5-4-6-15(13)18-7-8-19-11(2)10-18/h4-6,11-12H,3,7-10,17H2,1-2H3. The van der Waals surface area contributed by atoms with Crippen molar-refractivity contribution in [3.05, 3.63) is 29.6 Å². The molecule has 1 aliphatic heterocycles. The number of halogens is 1. The fourth-order valence-corrected chi connectivity index (χ4v) is 2.49. The molecule has 1 fully saturated rings. The van der Waals surface area contributed by atoms with Crippen molar-refractivity contribution in [2.45, 2.75) is 38.8 Å². The zero-order valence-corrected chi connectivity index (χ0v) is 11.7. The van der Waals surface area contributed by atoms with Crippen LogP contribution in [0.2, 0.25) is 0 Å². The Morgan fingerprint density at radius 1 is 1.53 bits per heavy atom. The monoisotopic (exact) mass is 266 g/mol. The number of nitrogens with zero attached hydrogens (tertiary/aromatic N) is 1. The summed E-state index contributed by atoms with van der Waals surface area (Å²) in [4.78, 5) is 2.20. The van der Waals surface area contributed by atoms with Gasteiger partial charge in [0, 0.05) is 30.4 Å². The molecule has 0 aliphatic carbocycles. The first-order valence-electron chi connectivity index (χ1n) is 7.01. The minimum Gasteiger partial charge on any atom is -0.375 e. The molecule has 0 saturated carbocycles. The van der Waals surface area contributed by atoms with E-state index in [-0.39, 0.29) is 18.0 Å². The summed E-state index contributed by atoms with van der Waals surface area (Å²) in [5.74, 6) is -0.152. The lowest BCUT2D eigenvalue weighted by Crippen LogP contribution is -2.42. The number of benzene rings is 1. The van der Waals surface area contributed by atoms with Gasteiger partial charge < -0.3 is 15.4 Å². The highest BCUT2D eigenvalue weighted by atomic mass is 19.1. The highest BCUT2D eigenvalue weighted by molar-refractivity contribution is 5.55. The molecule has 2 atom stereocenters. The van der Waals surface area contributed by atoms with Crippen molar-refractivity contribution in [1.82, 2.24) is 0 Å². The predicted molar refractivity (Wildman–Crippen MR) is 76.0 cm³/mol. The minimum absolute atomic E-state index is 0.00844. The van der Waals surface area contributed by atoms with Crippen LogP contribution >= 0.6 is 0 Å². The second kappa shape index (κ2) is 6.35. The zero-order chi connectivity index (χ0) is 13.8. The van der Waals surface area contributed by atoms with Gasteiger partial charge in [-0.1, -0.05) is 13.0 Å². The van der Waals surface area contributed by atoms with E-state index in [1.165, 1.54) is 6.07 Å². The first-order valence-corrected chi connectivity index (χ1v) is 7.01. The van der Waals surface area contributed by atoms with Gasteiger partial charge in [-0.3, -0.25) is 0 Å². The quantitative estimate of drug-likeness (QED) is 0.909. The van der Waals surface area contributed by atoms with Crippen molar-refractivity contribution in [1.29, 1.82) is 0 Å². The lowest BCUT2D eigenvalue weighted by molar-refractivity contribution is 0.0531. The van der Waals surface area contributed by atoms with Crippen molar-refractivity contribution in [2.75, 3.05) is 24.6 Å². The third kappa shape index (κ3) is 3.45. The van der Waals surface area contributed by atoms with Crippen molar-refractivity contribution < 1.29 is 9.13 Å². The van der Waals surface area contributed by atoms with Crippen LogP contribution in [0.3, 0.4) is 0 Å². The molecule has 1 saturated heterocycles. The van der Waals surface area contributed by atoms with Gasteiger partial charge in [0.25, 0.3) is 0 Å². The molecular weight excluding hydrogens is 243 g/mol. The number of rotatable bonds is 4. The molecule has 106 valence electrons. The molecule has 0 bridgehead atoms. The van der Waals surface area contributed by atoms with Crippen LogP contribution in [0.15, 0.2) is 18.2 Å². The Labute approximate surface area is 114 Å². The summed E-state index contributed by atoms with van der Waals surface area (Å²) in [5.41, 5.74) is 7.70. The maximum absolute atomic E-state index is 14.1. The molecule has 2 unspecified atom stereocenters. The number of ether oxygens (including phenoxy) is 1. The highest BCUT2D eigenvalue weighted by Gasteiger charge is 2.21. The largest absolute Gasteiger partial charge is 0.375 e. The number of hydrogen-bond donors (Lipinski definition) is 1. The van der Waals surface area contributed by atoms with Crippen LogP contribution in [0.4, 0.5) is 10.1 Å². The number of nitrogens with two attached hydrogens (primary N) is 1. The first-order chi connectivity index (χ1) is 9.11. The SMILES string of the molecule is CCC(N)Cc1c(F)cccc1N1CCOC(C)C1. The maximum Gasteiger partial charge on any atom is 0.128 e. The molecule has 2 rings (SSSR count). The molecule has 2 N–H and O–H groups in total. The second-order valence-electron chi connectivity index (χ2n) is 5.24. The topological polar surface area (TPSA) is 38.5 Å². The van der Waals surface area contributed by atoms with E-state index >= 15 is 0 Å². The molecule has 0 aromatic heterocycles. The lowest BCUT2D eigenvalue weighted by Gasteiger charge is -2.34. The normalized spacial score (nSPS) is 21.5. The average Bonchev–Trinajstić information content (AvgIpc) is 2.40. The molecule has 19 heavy (non-hydrogen) atoms. The van der Waals surface area contributed by atoms with E-state index in [0.717, 1.165) is 30.8 Å². The van der Waals surface area contributed by atoms with Gasteiger partial charge in [-0.05, 0) is 31.9 Å².